The molecule has 1 unspecified atom stereocenters. The van der Waals surface area contributed by atoms with Crippen molar-refractivity contribution in [2.45, 2.75) is 91.0 Å². The molecule has 0 saturated heterocycles. The van der Waals surface area contributed by atoms with Gasteiger partial charge in [-0.2, -0.15) is 0 Å². The van der Waals surface area contributed by atoms with Gasteiger partial charge < -0.3 is 5.73 Å². The lowest BCUT2D eigenvalue weighted by Gasteiger charge is -2.22. The molecule has 0 amide bonds. The highest BCUT2D eigenvalue weighted by Crippen LogP contribution is 2.33. The predicted molar refractivity (Wildman–Crippen MR) is 112 cm³/mol. The number of unbranched alkanes of at least 4 members (excludes halogenated alkanes) is 4. The predicted octanol–water partition coefficient (Wildman–Crippen LogP) is 7.11. The van der Waals surface area contributed by atoms with Gasteiger partial charge in [0.05, 0.1) is 0 Å². The first-order valence-corrected chi connectivity index (χ1v) is 10.5. The lowest BCUT2D eigenvalue weighted by molar-refractivity contribution is 0.554. The van der Waals surface area contributed by atoms with Crippen molar-refractivity contribution in [1.29, 1.82) is 0 Å². The van der Waals surface area contributed by atoms with Gasteiger partial charge in [0.2, 0.25) is 0 Å². The zero-order chi connectivity index (χ0) is 18.1. The average molecular weight is 340 g/mol. The van der Waals surface area contributed by atoms with Crippen LogP contribution in [0.4, 0.5) is 0 Å². The van der Waals surface area contributed by atoms with Gasteiger partial charge in [0.25, 0.3) is 0 Å². The zero-order valence-corrected chi connectivity index (χ0v) is 16.6. The summed E-state index contributed by atoms with van der Waals surface area (Å²) >= 11 is 0. The molecule has 1 heteroatoms. The summed E-state index contributed by atoms with van der Waals surface area (Å²) in [6.45, 7) is 6.83. The summed E-state index contributed by atoms with van der Waals surface area (Å²) in [7, 11) is 0. The Hall–Kier alpha value is -1.34. The Kier molecular flexibility index (Phi) is 8.48. The van der Waals surface area contributed by atoms with Crippen LogP contribution < -0.4 is 5.73 Å². The van der Waals surface area contributed by atoms with Crippen LogP contribution in [-0.4, -0.2) is 0 Å². The van der Waals surface area contributed by atoms with E-state index in [1.807, 2.05) is 0 Å². The van der Waals surface area contributed by atoms with Gasteiger partial charge in [0.1, 0.15) is 0 Å². The van der Waals surface area contributed by atoms with Gasteiger partial charge in [-0.05, 0) is 46.7 Å². The van der Waals surface area contributed by atoms with Crippen LogP contribution in [-0.2, 0) is 12.8 Å². The third kappa shape index (κ3) is 5.31. The van der Waals surface area contributed by atoms with Crippen molar-refractivity contribution in [3.63, 3.8) is 0 Å². The van der Waals surface area contributed by atoms with Crippen LogP contribution in [0, 0.1) is 0 Å². The van der Waals surface area contributed by atoms with Crippen molar-refractivity contribution in [1.82, 2.24) is 0 Å². The van der Waals surface area contributed by atoms with E-state index in [1.54, 1.807) is 5.56 Å². The standard InChI is InChI=1S/C24H37N/c1-4-7-8-9-10-17-23(25)24-21(14-6-3)19(13-5-2)18-20-15-11-12-16-22(20)24/h11-12,15-16,18,23H,4-10,13-14,17,25H2,1-3H3. The second-order valence-electron chi connectivity index (χ2n) is 7.46. The van der Waals surface area contributed by atoms with Gasteiger partial charge in [-0.1, -0.05) is 96.0 Å². The van der Waals surface area contributed by atoms with Crippen molar-refractivity contribution >= 4 is 10.8 Å². The first-order chi connectivity index (χ1) is 12.2. The summed E-state index contributed by atoms with van der Waals surface area (Å²) < 4.78 is 0. The Morgan fingerprint density at radius 3 is 2.28 bits per heavy atom. The Morgan fingerprint density at radius 2 is 1.56 bits per heavy atom. The molecule has 0 saturated carbocycles. The minimum atomic E-state index is 0.171. The van der Waals surface area contributed by atoms with E-state index in [0.717, 1.165) is 19.3 Å². The molecule has 2 rings (SSSR count). The summed E-state index contributed by atoms with van der Waals surface area (Å²) in [6, 6.07) is 11.4. The number of hydrogen-bond acceptors (Lipinski definition) is 1. The van der Waals surface area contributed by atoms with E-state index >= 15 is 0 Å². The fourth-order valence-electron chi connectivity index (χ4n) is 4.05. The molecule has 1 nitrogen and oxygen atoms in total. The maximum Gasteiger partial charge on any atom is 0.0303 e. The Balaban J connectivity index is 2.34. The Morgan fingerprint density at radius 1 is 0.840 bits per heavy atom. The molecule has 0 heterocycles. The summed E-state index contributed by atoms with van der Waals surface area (Å²) in [5.74, 6) is 0. The normalized spacial score (nSPS) is 12.6. The zero-order valence-electron chi connectivity index (χ0n) is 16.6. The minimum Gasteiger partial charge on any atom is -0.324 e. The summed E-state index contributed by atoms with van der Waals surface area (Å²) in [4.78, 5) is 0. The topological polar surface area (TPSA) is 26.0 Å². The molecule has 0 radical (unpaired) electrons. The van der Waals surface area contributed by atoms with E-state index in [2.05, 4.69) is 51.1 Å². The smallest absolute Gasteiger partial charge is 0.0303 e. The van der Waals surface area contributed by atoms with Gasteiger partial charge in [-0.25, -0.2) is 0 Å². The van der Waals surface area contributed by atoms with Gasteiger partial charge >= 0.3 is 0 Å². The lowest BCUT2D eigenvalue weighted by Crippen LogP contribution is -2.15. The number of rotatable bonds is 11. The molecule has 0 bridgehead atoms. The molecule has 0 aliphatic carbocycles. The van der Waals surface area contributed by atoms with E-state index in [-0.39, 0.29) is 6.04 Å². The fraction of sp³-hybridized carbons (Fsp3) is 0.583. The average Bonchev–Trinajstić information content (AvgIpc) is 2.62. The molecule has 138 valence electrons. The maximum absolute atomic E-state index is 6.77. The van der Waals surface area contributed by atoms with Crippen LogP contribution in [0.5, 0.6) is 0 Å². The highest BCUT2D eigenvalue weighted by Gasteiger charge is 2.17. The van der Waals surface area contributed by atoms with Crippen molar-refractivity contribution in [3.05, 3.63) is 47.0 Å². The summed E-state index contributed by atoms with van der Waals surface area (Å²) in [5, 5.41) is 2.74. The molecule has 25 heavy (non-hydrogen) atoms. The van der Waals surface area contributed by atoms with Crippen molar-refractivity contribution < 1.29 is 0 Å². The third-order valence-electron chi connectivity index (χ3n) is 5.30. The van der Waals surface area contributed by atoms with Crippen LogP contribution in [0.15, 0.2) is 30.3 Å². The molecule has 2 aromatic rings. The van der Waals surface area contributed by atoms with E-state index < -0.39 is 0 Å². The molecule has 0 aliphatic heterocycles. The number of nitrogens with two attached hydrogens (primary N) is 1. The third-order valence-corrected chi connectivity index (χ3v) is 5.30. The molecular formula is C24H37N. The molecule has 0 aromatic heterocycles. The first-order valence-electron chi connectivity index (χ1n) is 10.5. The molecule has 0 spiro atoms. The number of fused-ring (bicyclic) bond motifs is 1. The van der Waals surface area contributed by atoms with Crippen molar-refractivity contribution in [2.24, 2.45) is 5.73 Å². The van der Waals surface area contributed by atoms with E-state index in [0.29, 0.717) is 0 Å². The number of benzene rings is 2. The second-order valence-corrected chi connectivity index (χ2v) is 7.46. The van der Waals surface area contributed by atoms with Crippen LogP contribution >= 0.6 is 0 Å². The van der Waals surface area contributed by atoms with Crippen molar-refractivity contribution in [3.8, 4) is 0 Å². The Labute approximate surface area is 155 Å². The molecular weight excluding hydrogens is 302 g/mol. The summed E-state index contributed by atoms with van der Waals surface area (Å²) in [5.41, 5.74) is 11.3. The monoisotopic (exact) mass is 339 g/mol. The van der Waals surface area contributed by atoms with Gasteiger partial charge in [-0.15, -0.1) is 0 Å². The molecule has 2 aromatic carbocycles. The fourth-order valence-corrected chi connectivity index (χ4v) is 4.05. The van der Waals surface area contributed by atoms with Gasteiger partial charge in [0, 0.05) is 6.04 Å². The highest BCUT2D eigenvalue weighted by molar-refractivity contribution is 5.88. The van der Waals surface area contributed by atoms with Crippen LogP contribution in [0.1, 0.15) is 94.9 Å². The van der Waals surface area contributed by atoms with Crippen LogP contribution in [0.2, 0.25) is 0 Å². The SMILES string of the molecule is CCCCCCCC(N)c1c(CCC)c(CCC)cc2ccccc12. The highest BCUT2D eigenvalue weighted by atomic mass is 14.6. The van der Waals surface area contributed by atoms with E-state index in [4.69, 9.17) is 5.73 Å². The molecule has 1 atom stereocenters. The molecule has 0 fully saturated rings. The number of aryl methyl sites for hydroxylation is 1. The Bertz CT molecular complexity index is 644. The summed E-state index contributed by atoms with van der Waals surface area (Å²) in [6.07, 6.45) is 12.4. The quantitative estimate of drug-likeness (QED) is 0.434. The van der Waals surface area contributed by atoms with Gasteiger partial charge in [-0.3, -0.25) is 0 Å². The van der Waals surface area contributed by atoms with Crippen molar-refractivity contribution in [2.75, 3.05) is 0 Å². The minimum absolute atomic E-state index is 0.171. The molecule has 0 aliphatic rings. The lowest BCUT2D eigenvalue weighted by atomic mass is 9.85. The van der Waals surface area contributed by atoms with Crippen LogP contribution in [0.3, 0.4) is 0 Å². The van der Waals surface area contributed by atoms with Gasteiger partial charge in [0.15, 0.2) is 0 Å². The van der Waals surface area contributed by atoms with E-state index in [9.17, 15) is 0 Å². The molecule has 2 N–H and O–H groups in total. The maximum atomic E-state index is 6.77. The second kappa shape index (κ2) is 10.6. The van der Waals surface area contributed by atoms with E-state index in [1.165, 1.54) is 66.8 Å². The largest absolute Gasteiger partial charge is 0.324 e. The number of hydrogen-bond donors (Lipinski definition) is 1. The van der Waals surface area contributed by atoms with Crippen LogP contribution in [0.25, 0.3) is 10.8 Å². The first kappa shape index (κ1) is 20.0.